The van der Waals surface area contributed by atoms with Crippen LogP contribution in [0.3, 0.4) is 0 Å². The number of ether oxygens (including phenoxy) is 2. The van der Waals surface area contributed by atoms with Gasteiger partial charge in [-0.15, -0.1) is 0 Å². The molecule has 11 heteroatoms. The van der Waals surface area contributed by atoms with Crippen molar-refractivity contribution in [2.75, 3.05) is 39.5 Å². The molecule has 1 N–H and O–H groups in total. The van der Waals surface area contributed by atoms with Crippen LogP contribution in [0.1, 0.15) is 5.56 Å². The molecule has 2 aromatic rings. The molecule has 1 aliphatic rings. The first kappa shape index (κ1) is 23.0. The fraction of sp³-hybridized carbons (Fsp3) is 0.368. The average molecular weight is 475 g/mol. The number of hydrogen-bond acceptors (Lipinski definition) is 6. The van der Waals surface area contributed by atoms with E-state index in [0.717, 1.165) is 0 Å². The molecular weight excluding hydrogens is 452 g/mol. The summed E-state index contributed by atoms with van der Waals surface area (Å²) in [6.07, 6.45) is 0. The van der Waals surface area contributed by atoms with E-state index in [1.807, 2.05) is 0 Å². The lowest BCUT2D eigenvalue weighted by molar-refractivity contribution is 0.0730. The van der Waals surface area contributed by atoms with Crippen molar-refractivity contribution in [2.45, 2.75) is 10.6 Å². The molecule has 0 aliphatic carbocycles. The van der Waals surface area contributed by atoms with Gasteiger partial charge in [-0.05, 0) is 42.0 Å². The number of hydrogen-bond donors (Lipinski definition) is 1. The zero-order valence-electron chi connectivity index (χ0n) is 16.2. The molecule has 0 saturated carbocycles. The molecule has 1 fully saturated rings. The molecule has 0 bridgehead atoms. The fourth-order valence-electron chi connectivity index (χ4n) is 2.86. The van der Waals surface area contributed by atoms with E-state index in [1.54, 1.807) is 36.4 Å². The highest BCUT2D eigenvalue weighted by atomic mass is 35.5. The Bertz CT molecular complexity index is 1040. The third-order valence-corrected chi connectivity index (χ3v) is 7.92. The van der Waals surface area contributed by atoms with Gasteiger partial charge in [0.1, 0.15) is 12.4 Å². The third-order valence-electron chi connectivity index (χ3n) is 4.39. The Labute approximate surface area is 181 Å². The zero-order valence-corrected chi connectivity index (χ0v) is 18.5. The summed E-state index contributed by atoms with van der Waals surface area (Å²) in [4.78, 5) is 0.181. The molecule has 1 heterocycles. The minimum Gasteiger partial charge on any atom is -0.492 e. The van der Waals surface area contributed by atoms with Gasteiger partial charge in [0.2, 0.25) is 20.0 Å². The summed E-state index contributed by atoms with van der Waals surface area (Å²) in [6.45, 7) is 1.62. The van der Waals surface area contributed by atoms with Gasteiger partial charge in [-0.25, -0.2) is 21.6 Å². The maximum atomic E-state index is 12.6. The average Bonchev–Trinajstić information content (AvgIpc) is 2.74. The van der Waals surface area contributed by atoms with E-state index in [0.29, 0.717) is 42.6 Å². The summed E-state index contributed by atoms with van der Waals surface area (Å²) >= 11 is 5.80. The van der Waals surface area contributed by atoms with Gasteiger partial charge in [0.05, 0.1) is 23.9 Å². The number of nitrogens with zero attached hydrogens (tertiary/aromatic N) is 1. The van der Waals surface area contributed by atoms with E-state index in [-0.39, 0.29) is 23.8 Å². The first-order valence-corrected chi connectivity index (χ1v) is 12.8. The Morgan fingerprint density at radius 1 is 0.967 bits per heavy atom. The number of nitrogens with one attached hydrogen (secondary N) is 1. The summed E-state index contributed by atoms with van der Waals surface area (Å²) in [5.41, 5.74) is 0.630. The minimum absolute atomic E-state index is 0.0871. The van der Waals surface area contributed by atoms with E-state index >= 15 is 0 Å². The van der Waals surface area contributed by atoms with Crippen LogP contribution in [0.4, 0.5) is 0 Å². The van der Waals surface area contributed by atoms with E-state index in [1.165, 1.54) is 16.4 Å². The van der Waals surface area contributed by atoms with E-state index in [4.69, 9.17) is 21.1 Å². The van der Waals surface area contributed by atoms with Crippen molar-refractivity contribution in [3.05, 3.63) is 59.1 Å². The van der Waals surface area contributed by atoms with Crippen LogP contribution in [0.25, 0.3) is 0 Å². The summed E-state index contributed by atoms with van der Waals surface area (Å²) in [5.74, 6) is 0.297. The van der Waals surface area contributed by atoms with Crippen LogP contribution in [0, 0.1) is 0 Å². The van der Waals surface area contributed by atoms with Crippen molar-refractivity contribution in [2.24, 2.45) is 0 Å². The van der Waals surface area contributed by atoms with Gasteiger partial charge in [0, 0.05) is 24.7 Å². The summed E-state index contributed by atoms with van der Waals surface area (Å²) < 4.78 is 64.0. The molecule has 2 aromatic carbocycles. The van der Waals surface area contributed by atoms with E-state index in [2.05, 4.69) is 4.72 Å². The lowest BCUT2D eigenvalue weighted by atomic mass is 10.2. The summed E-state index contributed by atoms with van der Waals surface area (Å²) in [6, 6.07) is 12.6. The zero-order chi connectivity index (χ0) is 21.6. The van der Waals surface area contributed by atoms with Crippen LogP contribution in [0.15, 0.2) is 53.4 Å². The van der Waals surface area contributed by atoms with Crippen molar-refractivity contribution < 1.29 is 26.3 Å². The van der Waals surface area contributed by atoms with Crippen LogP contribution in [-0.4, -0.2) is 60.6 Å². The van der Waals surface area contributed by atoms with Gasteiger partial charge < -0.3 is 9.47 Å². The predicted molar refractivity (Wildman–Crippen MR) is 114 cm³/mol. The van der Waals surface area contributed by atoms with Gasteiger partial charge in [-0.2, -0.15) is 4.31 Å². The topological polar surface area (TPSA) is 102 Å². The predicted octanol–water partition coefficient (Wildman–Crippen LogP) is 1.86. The van der Waals surface area contributed by atoms with Gasteiger partial charge in [-0.3, -0.25) is 0 Å². The van der Waals surface area contributed by atoms with Gasteiger partial charge >= 0.3 is 0 Å². The molecule has 0 aromatic heterocycles. The fourth-order valence-corrected chi connectivity index (χ4v) is 5.52. The number of halogens is 1. The van der Waals surface area contributed by atoms with Crippen LogP contribution in [-0.2, 0) is 30.5 Å². The summed E-state index contributed by atoms with van der Waals surface area (Å²) in [7, 11) is -7.07. The number of sulfonamides is 2. The molecule has 164 valence electrons. The van der Waals surface area contributed by atoms with Crippen molar-refractivity contribution in [1.29, 1.82) is 0 Å². The second-order valence-corrected chi connectivity index (χ2v) is 10.8. The molecule has 0 unspecified atom stereocenters. The standard InChI is InChI=1S/C19H23ClN2O6S2/c20-17-3-1-16(2-4-17)15-29(23,24)21-9-12-28-18-5-7-19(8-6-18)30(25,26)22-10-13-27-14-11-22/h1-8,21H,9-15H2. The molecule has 3 rings (SSSR count). The molecule has 1 saturated heterocycles. The van der Waals surface area contributed by atoms with Crippen molar-refractivity contribution in [1.82, 2.24) is 9.03 Å². The van der Waals surface area contributed by atoms with Gasteiger partial charge in [0.15, 0.2) is 0 Å². The first-order valence-electron chi connectivity index (χ1n) is 9.29. The Balaban J connectivity index is 1.47. The molecular formula is C19H23ClN2O6S2. The van der Waals surface area contributed by atoms with Crippen LogP contribution >= 0.6 is 11.6 Å². The molecule has 8 nitrogen and oxygen atoms in total. The largest absolute Gasteiger partial charge is 0.492 e. The molecule has 1 aliphatic heterocycles. The molecule has 0 radical (unpaired) electrons. The first-order chi connectivity index (χ1) is 14.3. The van der Waals surface area contributed by atoms with E-state index < -0.39 is 20.0 Å². The lowest BCUT2D eigenvalue weighted by Crippen LogP contribution is -2.40. The molecule has 0 spiro atoms. The smallest absolute Gasteiger partial charge is 0.243 e. The molecule has 0 atom stereocenters. The van der Waals surface area contributed by atoms with Crippen LogP contribution in [0.5, 0.6) is 5.75 Å². The Morgan fingerprint density at radius 3 is 2.23 bits per heavy atom. The summed E-state index contributed by atoms with van der Waals surface area (Å²) in [5, 5.41) is 0.543. The highest BCUT2D eigenvalue weighted by Crippen LogP contribution is 2.20. The lowest BCUT2D eigenvalue weighted by Gasteiger charge is -2.26. The third kappa shape index (κ3) is 6.40. The van der Waals surface area contributed by atoms with Crippen molar-refractivity contribution in [3.8, 4) is 5.75 Å². The van der Waals surface area contributed by atoms with Crippen LogP contribution < -0.4 is 9.46 Å². The maximum Gasteiger partial charge on any atom is 0.243 e. The van der Waals surface area contributed by atoms with Crippen molar-refractivity contribution in [3.63, 3.8) is 0 Å². The Hall–Kier alpha value is -1.69. The number of rotatable bonds is 9. The second-order valence-electron chi connectivity index (χ2n) is 6.62. The number of morpholine rings is 1. The Kier molecular flexibility index (Phi) is 7.72. The Morgan fingerprint density at radius 2 is 1.60 bits per heavy atom. The number of benzene rings is 2. The van der Waals surface area contributed by atoms with Gasteiger partial charge in [-0.1, -0.05) is 23.7 Å². The van der Waals surface area contributed by atoms with Crippen molar-refractivity contribution >= 4 is 31.6 Å². The highest BCUT2D eigenvalue weighted by molar-refractivity contribution is 7.89. The van der Waals surface area contributed by atoms with Crippen LogP contribution in [0.2, 0.25) is 5.02 Å². The van der Waals surface area contributed by atoms with E-state index in [9.17, 15) is 16.8 Å². The monoisotopic (exact) mass is 474 g/mol. The normalized spacial score (nSPS) is 15.8. The maximum absolute atomic E-state index is 12.6. The SMILES string of the molecule is O=S(=O)(Cc1ccc(Cl)cc1)NCCOc1ccc(S(=O)(=O)N2CCOCC2)cc1. The minimum atomic E-state index is -3.56. The quantitative estimate of drug-likeness (QED) is 0.556. The van der Waals surface area contributed by atoms with Gasteiger partial charge in [0.25, 0.3) is 0 Å². The molecule has 0 amide bonds. The molecule has 30 heavy (non-hydrogen) atoms. The second kappa shape index (κ2) is 10.1. The highest BCUT2D eigenvalue weighted by Gasteiger charge is 2.26.